The van der Waals surface area contributed by atoms with Crippen LogP contribution in [0.1, 0.15) is 38.1 Å². The number of phenols is 1. The van der Waals surface area contributed by atoms with Crippen molar-refractivity contribution >= 4 is 22.8 Å². The van der Waals surface area contributed by atoms with E-state index >= 15 is 0 Å². The van der Waals surface area contributed by atoms with Crippen molar-refractivity contribution in [3.8, 4) is 5.75 Å². The number of rotatable bonds is 5. The van der Waals surface area contributed by atoms with Gasteiger partial charge in [-0.1, -0.05) is 27.7 Å². The maximum Gasteiger partial charge on any atom is 0.410 e. The molecule has 1 aliphatic carbocycles. The molecule has 0 bridgehead atoms. The number of ether oxygens (including phenoxy) is 1. The largest absolute Gasteiger partial charge is 0.508 e. The zero-order chi connectivity index (χ0) is 19.6. The molecule has 27 heavy (non-hydrogen) atoms. The molecule has 2 aromatic rings. The van der Waals surface area contributed by atoms with Gasteiger partial charge in [0, 0.05) is 41.7 Å². The van der Waals surface area contributed by atoms with Crippen LogP contribution >= 0.6 is 0 Å². The number of fused-ring (bicyclic) bond motifs is 1. The maximum absolute atomic E-state index is 13.3. The highest BCUT2D eigenvalue weighted by molar-refractivity contribution is 6.11. The Bertz CT molecular complexity index is 927. The van der Waals surface area contributed by atoms with Crippen LogP contribution in [0.15, 0.2) is 24.4 Å². The third kappa shape index (κ3) is 2.61. The molecule has 0 spiro atoms. The van der Waals surface area contributed by atoms with Gasteiger partial charge >= 0.3 is 6.09 Å². The summed E-state index contributed by atoms with van der Waals surface area (Å²) in [5, 5.41) is 10.7. The number of carbonyl (C=O) groups is 2. The zero-order valence-corrected chi connectivity index (χ0v) is 16.3. The summed E-state index contributed by atoms with van der Waals surface area (Å²) >= 11 is 0. The van der Waals surface area contributed by atoms with Crippen molar-refractivity contribution < 1.29 is 19.4 Å². The molecular formula is C21H26N2O4. The predicted octanol–water partition coefficient (Wildman–Crippen LogP) is 3.66. The van der Waals surface area contributed by atoms with Gasteiger partial charge in [-0.05, 0) is 29.0 Å². The monoisotopic (exact) mass is 370 g/mol. The number of hydrogen-bond acceptors (Lipinski definition) is 4. The van der Waals surface area contributed by atoms with E-state index < -0.39 is 0 Å². The van der Waals surface area contributed by atoms with Crippen LogP contribution in [0, 0.1) is 16.7 Å². The Kier molecular flexibility index (Phi) is 3.81. The van der Waals surface area contributed by atoms with Crippen molar-refractivity contribution in [2.75, 3.05) is 19.7 Å². The minimum Gasteiger partial charge on any atom is -0.508 e. The van der Waals surface area contributed by atoms with Crippen molar-refractivity contribution in [3.05, 3.63) is 30.0 Å². The lowest BCUT2D eigenvalue weighted by Gasteiger charge is -2.13. The van der Waals surface area contributed by atoms with Crippen LogP contribution in [0.5, 0.6) is 5.75 Å². The summed E-state index contributed by atoms with van der Waals surface area (Å²) < 4.78 is 6.97. The molecule has 2 fully saturated rings. The minimum absolute atomic E-state index is 0.0417. The SMILES string of the molecule is CC1(C)C(C(=O)c2cn(CCN3CCOC3=O)c3ccc(O)cc23)C1(C)C. The van der Waals surface area contributed by atoms with Crippen molar-refractivity contribution in [1.82, 2.24) is 9.47 Å². The van der Waals surface area contributed by atoms with E-state index in [1.807, 2.05) is 16.8 Å². The molecule has 0 radical (unpaired) electrons. The van der Waals surface area contributed by atoms with Crippen LogP contribution in [0.2, 0.25) is 0 Å². The van der Waals surface area contributed by atoms with E-state index in [2.05, 4.69) is 27.7 Å². The Hall–Kier alpha value is -2.50. The zero-order valence-electron chi connectivity index (χ0n) is 16.3. The summed E-state index contributed by atoms with van der Waals surface area (Å²) in [5.74, 6) is 0.228. The normalized spacial score (nSPS) is 20.9. The molecule has 1 aromatic heterocycles. The highest BCUT2D eigenvalue weighted by Gasteiger charge is 2.68. The van der Waals surface area contributed by atoms with Gasteiger partial charge in [0.2, 0.25) is 0 Å². The standard InChI is InChI=1S/C21H26N2O4/c1-20(2)18(21(20,3)4)17(25)15-12-23(8-7-22-9-10-27-19(22)26)16-6-5-13(24)11-14(15)16/h5-6,11-12,18,24H,7-10H2,1-4H3. The van der Waals surface area contributed by atoms with E-state index in [0.29, 0.717) is 31.8 Å². The van der Waals surface area contributed by atoms with Crippen LogP contribution in [-0.2, 0) is 11.3 Å². The predicted molar refractivity (Wildman–Crippen MR) is 102 cm³/mol. The first-order chi connectivity index (χ1) is 12.6. The molecule has 1 amide bonds. The van der Waals surface area contributed by atoms with Gasteiger partial charge in [-0.15, -0.1) is 0 Å². The summed E-state index contributed by atoms with van der Waals surface area (Å²) in [4.78, 5) is 26.6. The van der Waals surface area contributed by atoms with E-state index in [9.17, 15) is 14.7 Å². The maximum atomic E-state index is 13.3. The average molecular weight is 370 g/mol. The van der Waals surface area contributed by atoms with Crippen LogP contribution in [0.4, 0.5) is 4.79 Å². The lowest BCUT2D eigenvalue weighted by Crippen LogP contribution is -2.28. The number of Topliss-reactive ketones (excluding diaryl/α,β-unsaturated/α-hetero) is 1. The molecule has 2 aliphatic rings. The fraction of sp³-hybridized carbons (Fsp3) is 0.524. The molecule has 144 valence electrons. The average Bonchev–Trinajstić information content (AvgIpc) is 2.96. The first-order valence-corrected chi connectivity index (χ1v) is 9.42. The van der Waals surface area contributed by atoms with Gasteiger partial charge in [0.25, 0.3) is 0 Å². The van der Waals surface area contributed by atoms with E-state index in [-0.39, 0.29) is 34.4 Å². The van der Waals surface area contributed by atoms with Crippen LogP contribution < -0.4 is 0 Å². The third-order valence-electron chi connectivity index (χ3n) is 6.87. The molecule has 1 saturated heterocycles. The second kappa shape index (κ2) is 5.75. The Morgan fingerprint density at radius 1 is 1.22 bits per heavy atom. The summed E-state index contributed by atoms with van der Waals surface area (Å²) in [6, 6.07) is 5.11. The molecule has 1 aromatic carbocycles. The molecular weight excluding hydrogens is 344 g/mol. The Labute approximate surface area is 158 Å². The van der Waals surface area contributed by atoms with Gasteiger partial charge in [0.15, 0.2) is 5.78 Å². The van der Waals surface area contributed by atoms with Gasteiger partial charge in [-0.3, -0.25) is 4.79 Å². The summed E-state index contributed by atoms with van der Waals surface area (Å²) in [7, 11) is 0. The smallest absolute Gasteiger partial charge is 0.410 e. The molecule has 0 atom stereocenters. The highest BCUT2D eigenvalue weighted by atomic mass is 16.6. The number of aromatic hydroxyl groups is 1. The van der Waals surface area contributed by atoms with Gasteiger partial charge in [-0.25, -0.2) is 4.79 Å². The van der Waals surface area contributed by atoms with Gasteiger partial charge < -0.3 is 19.3 Å². The number of phenolic OH excluding ortho intramolecular Hbond substituents is 1. The first-order valence-electron chi connectivity index (χ1n) is 9.42. The second-order valence-corrected chi connectivity index (χ2v) is 8.78. The van der Waals surface area contributed by atoms with E-state index in [0.717, 1.165) is 10.9 Å². The Morgan fingerprint density at radius 2 is 1.93 bits per heavy atom. The fourth-order valence-corrected chi connectivity index (χ4v) is 4.53. The molecule has 1 saturated carbocycles. The molecule has 6 nitrogen and oxygen atoms in total. The second-order valence-electron chi connectivity index (χ2n) is 8.78. The van der Waals surface area contributed by atoms with Crippen LogP contribution in [0.3, 0.4) is 0 Å². The number of benzene rings is 1. The quantitative estimate of drug-likeness (QED) is 0.815. The van der Waals surface area contributed by atoms with Gasteiger partial charge in [0.05, 0.1) is 6.54 Å². The molecule has 4 rings (SSSR count). The van der Waals surface area contributed by atoms with Crippen molar-refractivity contribution in [1.29, 1.82) is 0 Å². The number of hydrogen-bond donors (Lipinski definition) is 1. The third-order valence-corrected chi connectivity index (χ3v) is 6.87. The van der Waals surface area contributed by atoms with E-state index in [4.69, 9.17) is 4.74 Å². The molecule has 1 aliphatic heterocycles. The van der Waals surface area contributed by atoms with Crippen molar-refractivity contribution in [2.45, 2.75) is 34.2 Å². The van der Waals surface area contributed by atoms with E-state index in [1.54, 1.807) is 17.0 Å². The van der Waals surface area contributed by atoms with E-state index in [1.165, 1.54) is 0 Å². The summed E-state index contributed by atoms with van der Waals surface area (Å²) in [5.41, 5.74) is 1.44. The van der Waals surface area contributed by atoms with Gasteiger partial charge in [0.1, 0.15) is 12.4 Å². The number of nitrogens with zero attached hydrogens (tertiary/aromatic N) is 2. The van der Waals surface area contributed by atoms with Crippen molar-refractivity contribution in [3.63, 3.8) is 0 Å². The number of amides is 1. The first kappa shape index (κ1) is 17.9. The fourth-order valence-electron chi connectivity index (χ4n) is 4.53. The van der Waals surface area contributed by atoms with Crippen molar-refractivity contribution in [2.24, 2.45) is 16.7 Å². The van der Waals surface area contributed by atoms with Crippen LogP contribution in [0.25, 0.3) is 10.9 Å². The topological polar surface area (TPSA) is 71.8 Å². The molecule has 1 N–H and O–H groups in total. The molecule has 0 unspecified atom stereocenters. The lowest BCUT2D eigenvalue weighted by molar-refractivity contribution is 0.0946. The molecule has 2 heterocycles. The minimum atomic E-state index is -0.290. The number of ketones is 1. The number of carbonyl (C=O) groups excluding carboxylic acids is 2. The van der Waals surface area contributed by atoms with Gasteiger partial charge in [-0.2, -0.15) is 0 Å². The highest BCUT2D eigenvalue weighted by Crippen LogP contribution is 2.69. The van der Waals surface area contributed by atoms with Crippen LogP contribution in [-0.4, -0.2) is 46.1 Å². The number of cyclic esters (lactones) is 1. The molecule has 6 heteroatoms. The lowest BCUT2D eigenvalue weighted by atomic mass is 10.0. The number of aromatic nitrogens is 1. The summed E-state index contributed by atoms with van der Waals surface area (Å²) in [6.07, 6.45) is 1.58. The Balaban J connectivity index is 1.68. The Morgan fingerprint density at radius 3 is 2.52 bits per heavy atom. The summed E-state index contributed by atoms with van der Waals surface area (Å²) in [6.45, 7) is 10.6.